The fourth-order valence-electron chi connectivity index (χ4n) is 3.65. The Balaban J connectivity index is 1.79. The SMILES string of the molecule is CCCN1C(=O)NC(c2ccc(OC)cc2)C(c2nc(-c3ccc(F)cc3)no2)=C1C. The molecule has 1 aromatic heterocycles. The van der Waals surface area contributed by atoms with Crippen LogP contribution in [0.4, 0.5) is 9.18 Å². The van der Waals surface area contributed by atoms with E-state index in [0.717, 1.165) is 29.0 Å². The van der Waals surface area contributed by atoms with Crippen molar-refractivity contribution in [2.45, 2.75) is 26.3 Å². The van der Waals surface area contributed by atoms with Gasteiger partial charge in [0.15, 0.2) is 0 Å². The fourth-order valence-corrected chi connectivity index (χ4v) is 3.65. The van der Waals surface area contributed by atoms with Crippen molar-refractivity contribution in [1.82, 2.24) is 20.4 Å². The summed E-state index contributed by atoms with van der Waals surface area (Å²) >= 11 is 0. The first-order valence-electron chi connectivity index (χ1n) is 10.0. The van der Waals surface area contributed by atoms with Gasteiger partial charge in [0.1, 0.15) is 11.6 Å². The van der Waals surface area contributed by atoms with E-state index in [0.29, 0.717) is 23.8 Å². The third-order valence-electron chi connectivity index (χ3n) is 5.25. The zero-order valence-corrected chi connectivity index (χ0v) is 17.6. The van der Waals surface area contributed by atoms with Gasteiger partial charge in [0.05, 0.1) is 18.7 Å². The monoisotopic (exact) mass is 422 g/mol. The van der Waals surface area contributed by atoms with Crippen molar-refractivity contribution >= 4 is 11.6 Å². The van der Waals surface area contributed by atoms with E-state index in [1.165, 1.54) is 12.1 Å². The Morgan fingerprint density at radius 3 is 2.52 bits per heavy atom. The van der Waals surface area contributed by atoms with E-state index in [2.05, 4.69) is 15.5 Å². The molecule has 0 aliphatic carbocycles. The average molecular weight is 422 g/mol. The topological polar surface area (TPSA) is 80.5 Å². The number of benzene rings is 2. The highest BCUT2D eigenvalue weighted by Crippen LogP contribution is 2.37. The number of nitrogens with one attached hydrogen (secondary N) is 1. The Morgan fingerprint density at radius 1 is 1.16 bits per heavy atom. The van der Waals surface area contributed by atoms with Gasteiger partial charge in [-0.3, -0.25) is 4.90 Å². The molecule has 0 radical (unpaired) electrons. The number of rotatable bonds is 6. The van der Waals surface area contributed by atoms with Crippen LogP contribution in [-0.2, 0) is 0 Å². The van der Waals surface area contributed by atoms with E-state index in [9.17, 15) is 9.18 Å². The number of ether oxygens (including phenoxy) is 1. The fraction of sp³-hybridized carbons (Fsp3) is 0.261. The maximum atomic E-state index is 13.3. The van der Waals surface area contributed by atoms with Crippen LogP contribution in [0, 0.1) is 5.82 Å². The van der Waals surface area contributed by atoms with Gasteiger partial charge in [-0.2, -0.15) is 4.98 Å². The van der Waals surface area contributed by atoms with Crippen LogP contribution in [0.1, 0.15) is 37.8 Å². The lowest BCUT2D eigenvalue weighted by Crippen LogP contribution is -2.46. The van der Waals surface area contributed by atoms with E-state index in [1.807, 2.05) is 38.1 Å². The molecule has 0 saturated carbocycles. The van der Waals surface area contributed by atoms with Crippen molar-refractivity contribution in [2.75, 3.05) is 13.7 Å². The number of carbonyl (C=O) groups excluding carboxylic acids is 1. The van der Waals surface area contributed by atoms with Crippen molar-refractivity contribution in [3.63, 3.8) is 0 Å². The first-order chi connectivity index (χ1) is 15.0. The standard InChI is InChI=1S/C23H23FN4O3/c1-4-13-28-14(2)19(20(25-23(28)29)15-7-11-18(30-3)12-8-15)22-26-21(27-31-22)16-5-9-17(24)10-6-16/h5-12,20H,4,13H2,1-3H3,(H,25,29). The molecule has 8 heteroatoms. The van der Waals surface area contributed by atoms with Crippen LogP contribution < -0.4 is 10.1 Å². The molecule has 1 N–H and O–H groups in total. The van der Waals surface area contributed by atoms with E-state index in [4.69, 9.17) is 9.26 Å². The van der Waals surface area contributed by atoms with Crippen LogP contribution in [0.25, 0.3) is 17.0 Å². The van der Waals surface area contributed by atoms with Crippen LogP contribution in [0.15, 0.2) is 58.8 Å². The smallest absolute Gasteiger partial charge is 0.322 e. The Hall–Kier alpha value is -3.68. The molecule has 2 aromatic carbocycles. The number of urea groups is 1. The molecule has 1 atom stereocenters. The zero-order chi connectivity index (χ0) is 22.0. The molecule has 4 rings (SSSR count). The quantitative estimate of drug-likeness (QED) is 0.618. The predicted octanol–water partition coefficient (Wildman–Crippen LogP) is 4.79. The summed E-state index contributed by atoms with van der Waals surface area (Å²) in [5.41, 5.74) is 2.97. The Kier molecular flexibility index (Phi) is 5.70. The lowest BCUT2D eigenvalue weighted by atomic mass is 9.94. The van der Waals surface area contributed by atoms with Crippen molar-refractivity contribution in [3.8, 4) is 17.1 Å². The molecule has 31 heavy (non-hydrogen) atoms. The Labute approximate surface area is 179 Å². The maximum Gasteiger partial charge on any atom is 0.322 e. The minimum atomic E-state index is -0.465. The van der Waals surface area contributed by atoms with Crippen LogP contribution in [-0.4, -0.2) is 34.7 Å². The molecule has 0 spiro atoms. The number of methoxy groups -OCH3 is 1. The number of hydrogen-bond acceptors (Lipinski definition) is 5. The number of allylic oxidation sites excluding steroid dienone is 1. The average Bonchev–Trinajstić information content (AvgIpc) is 3.26. The number of amides is 2. The van der Waals surface area contributed by atoms with Crippen molar-refractivity contribution in [1.29, 1.82) is 0 Å². The number of carbonyl (C=O) groups is 1. The molecule has 0 fully saturated rings. The highest BCUT2D eigenvalue weighted by Gasteiger charge is 2.35. The van der Waals surface area contributed by atoms with Crippen molar-refractivity contribution in [3.05, 3.63) is 71.5 Å². The van der Waals surface area contributed by atoms with Gasteiger partial charge >= 0.3 is 6.03 Å². The molecule has 1 aliphatic rings. The molecule has 2 heterocycles. The molecule has 2 amide bonds. The predicted molar refractivity (Wildman–Crippen MR) is 114 cm³/mol. The molecule has 1 aliphatic heterocycles. The Bertz CT molecular complexity index is 1110. The lowest BCUT2D eigenvalue weighted by molar-refractivity contribution is 0.205. The maximum absolute atomic E-state index is 13.3. The molecule has 1 unspecified atom stereocenters. The summed E-state index contributed by atoms with van der Waals surface area (Å²) < 4.78 is 24.1. The minimum Gasteiger partial charge on any atom is -0.497 e. The van der Waals surface area contributed by atoms with Crippen LogP contribution in [0.2, 0.25) is 0 Å². The van der Waals surface area contributed by atoms with E-state index in [-0.39, 0.29) is 11.8 Å². The van der Waals surface area contributed by atoms with Gasteiger partial charge in [0.25, 0.3) is 5.89 Å². The third-order valence-corrected chi connectivity index (χ3v) is 5.25. The Morgan fingerprint density at radius 2 is 1.87 bits per heavy atom. The normalized spacial score (nSPS) is 16.5. The van der Waals surface area contributed by atoms with E-state index in [1.54, 1.807) is 24.1 Å². The highest BCUT2D eigenvalue weighted by atomic mass is 19.1. The van der Waals surface area contributed by atoms with Crippen molar-refractivity contribution in [2.24, 2.45) is 0 Å². The van der Waals surface area contributed by atoms with Gasteiger partial charge in [0.2, 0.25) is 5.82 Å². The van der Waals surface area contributed by atoms with Gasteiger partial charge in [-0.1, -0.05) is 24.2 Å². The van der Waals surface area contributed by atoms with Crippen LogP contribution >= 0.6 is 0 Å². The van der Waals surface area contributed by atoms with Crippen LogP contribution in [0.3, 0.4) is 0 Å². The van der Waals surface area contributed by atoms with Gasteiger partial charge < -0.3 is 14.6 Å². The summed E-state index contributed by atoms with van der Waals surface area (Å²) in [6, 6.07) is 12.7. The summed E-state index contributed by atoms with van der Waals surface area (Å²) in [5.74, 6) is 1.04. The van der Waals surface area contributed by atoms with Gasteiger partial charge in [0, 0.05) is 17.8 Å². The van der Waals surface area contributed by atoms with E-state index < -0.39 is 6.04 Å². The van der Waals surface area contributed by atoms with Gasteiger partial charge in [-0.15, -0.1) is 0 Å². The second kappa shape index (κ2) is 8.59. The number of nitrogens with zero attached hydrogens (tertiary/aromatic N) is 3. The second-order valence-corrected chi connectivity index (χ2v) is 7.24. The molecule has 0 bridgehead atoms. The number of hydrogen-bond donors (Lipinski definition) is 1. The molecule has 3 aromatic rings. The molecule has 160 valence electrons. The second-order valence-electron chi connectivity index (χ2n) is 7.24. The summed E-state index contributed by atoms with van der Waals surface area (Å²) in [4.78, 5) is 19.0. The number of halogens is 1. The van der Waals surface area contributed by atoms with Gasteiger partial charge in [-0.25, -0.2) is 9.18 Å². The molecule has 7 nitrogen and oxygen atoms in total. The minimum absolute atomic E-state index is 0.179. The molecule has 0 saturated heterocycles. The summed E-state index contributed by atoms with van der Waals surface area (Å²) in [6.45, 7) is 4.45. The van der Waals surface area contributed by atoms with E-state index >= 15 is 0 Å². The summed E-state index contributed by atoms with van der Waals surface area (Å²) in [7, 11) is 1.60. The first kappa shape index (κ1) is 20.6. The lowest BCUT2D eigenvalue weighted by Gasteiger charge is -2.35. The zero-order valence-electron chi connectivity index (χ0n) is 17.6. The summed E-state index contributed by atoms with van der Waals surface area (Å²) in [5, 5.41) is 7.13. The molecular weight excluding hydrogens is 399 g/mol. The molecular formula is C23H23FN4O3. The highest BCUT2D eigenvalue weighted by molar-refractivity contribution is 5.86. The van der Waals surface area contributed by atoms with Crippen LogP contribution in [0.5, 0.6) is 5.75 Å². The summed E-state index contributed by atoms with van der Waals surface area (Å²) in [6.07, 6.45) is 0.801. The first-order valence-corrected chi connectivity index (χ1v) is 10.0. The van der Waals surface area contributed by atoms with Crippen molar-refractivity contribution < 1.29 is 18.4 Å². The largest absolute Gasteiger partial charge is 0.497 e. The number of aromatic nitrogens is 2. The van der Waals surface area contributed by atoms with Gasteiger partial charge in [-0.05, 0) is 55.3 Å². The third kappa shape index (κ3) is 4.01.